The molecule has 0 aromatic heterocycles. The van der Waals surface area contributed by atoms with Crippen LogP contribution in [-0.4, -0.2) is 24.4 Å². The lowest BCUT2D eigenvalue weighted by Gasteiger charge is -2.06. The standard InChI is InChI=1S/C14H18ClNO3/c1-2-19-14(18)10-11-5-7-12(8-6-11)16-13(17)4-3-9-15/h5-8H,2-4,9-10H2,1H3,(H,16,17). The van der Waals surface area contributed by atoms with Crippen molar-refractivity contribution in [3.05, 3.63) is 29.8 Å². The second-order valence-corrected chi connectivity index (χ2v) is 4.40. The molecule has 0 spiro atoms. The van der Waals surface area contributed by atoms with Crippen LogP contribution >= 0.6 is 11.6 Å². The number of carbonyl (C=O) groups excluding carboxylic acids is 2. The average Bonchev–Trinajstić information content (AvgIpc) is 2.39. The number of hydrogen-bond donors (Lipinski definition) is 1. The number of hydrogen-bond acceptors (Lipinski definition) is 3. The van der Waals surface area contributed by atoms with Crippen LogP contribution in [0.4, 0.5) is 5.69 Å². The maximum Gasteiger partial charge on any atom is 0.310 e. The number of benzene rings is 1. The summed E-state index contributed by atoms with van der Waals surface area (Å²) >= 11 is 5.52. The average molecular weight is 284 g/mol. The van der Waals surface area contributed by atoms with Gasteiger partial charge in [-0.25, -0.2) is 0 Å². The molecular weight excluding hydrogens is 266 g/mol. The first kappa shape index (κ1) is 15.5. The molecule has 19 heavy (non-hydrogen) atoms. The van der Waals surface area contributed by atoms with Gasteiger partial charge in [-0.05, 0) is 31.0 Å². The first-order valence-corrected chi connectivity index (χ1v) is 6.79. The Morgan fingerprint density at radius 2 is 1.95 bits per heavy atom. The minimum Gasteiger partial charge on any atom is -0.466 e. The van der Waals surface area contributed by atoms with E-state index < -0.39 is 0 Å². The minimum atomic E-state index is -0.249. The Kier molecular flexibility index (Phi) is 6.97. The molecule has 5 heteroatoms. The van der Waals surface area contributed by atoms with E-state index in [1.54, 1.807) is 31.2 Å². The zero-order chi connectivity index (χ0) is 14.1. The highest BCUT2D eigenvalue weighted by Gasteiger charge is 2.05. The van der Waals surface area contributed by atoms with E-state index in [1.807, 2.05) is 0 Å². The van der Waals surface area contributed by atoms with E-state index in [-0.39, 0.29) is 18.3 Å². The van der Waals surface area contributed by atoms with E-state index in [1.165, 1.54) is 0 Å². The van der Waals surface area contributed by atoms with Crippen molar-refractivity contribution < 1.29 is 14.3 Å². The number of amides is 1. The maximum atomic E-state index is 11.5. The molecule has 0 aliphatic heterocycles. The molecule has 0 saturated carbocycles. The van der Waals surface area contributed by atoms with E-state index in [9.17, 15) is 9.59 Å². The number of ether oxygens (including phenoxy) is 1. The third kappa shape index (κ3) is 6.25. The number of alkyl halides is 1. The fourth-order valence-corrected chi connectivity index (χ4v) is 1.67. The number of carbonyl (C=O) groups is 2. The Morgan fingerprint density at radius 3 is 2.53 bits per heavy atom. The fraction of sp³-hybridized carbons (Fsp3) is 0.429. The smallest absolute Gasteiger partial charge is 0.310 e. The van der Waals surface area contributed by atoms with Crippen molar-refractivity contribution in [2.24, 2.45) is 0 Å². The van der Waals surface area contributed by atoms with Gasteiger partial charge in [0, 0.05) is 18.0 Å². The van der Waals surface area contributed by atoms with Crippen LogP contribution in [0.3, 0.4) is 0 Å². The van der Waals surface area contributed by atoms with Gasteiger partial charge in [0.25, 0.3) is 0 Å². The van der Waals surface area contributed by atoms with Crippen molar-refractivity contribution in [3.63, 3.8) is 0 Å². The summed E-state index contributed by atoms with van der Waals surface area (Å²) < 4.78 is 4.86. The summed E-state index contributed by atoms with van der Waals surface area (Å²) in [6.07, 6.45) is 1.32. The molecule has 0 radical (unpaired) electrons. The second-order valence-electron chi connectivity index (χ2n) is 4.02. The topological polar surface area (TPSA) is 55.4 Å². The summed E-state index contributed by atoms with van der Waals surface area (Å²) in [5, 5.41) is 2.77. The molecule has 0 aliphatic carbocycles. The lowest BCUT2D eigenvalue weighted by molar-refractivity contribution is -0.142. The van der Waals surface area contributed by atoms with Crippen molar-refractivity contribution in [1.82, 2.24) is 0 Å². The van der Waals surface area contributed by atoms with Gasteiger partial charge >= 0.3 is 5.97 Å². The van der Waals surface area contributed by atoms with Crippen LogP contribution in [0.5, 0.6) is 0 Å². The molecule has 1 aromatic rings. The number of anilines is 1. The molecule has 0 atom stereocenters. The van der Waals surface area contributed by atoms with Crippen LogP contribution in [0.2, 0.25) is 0 Å². The molecule has 0 unspecified atom stereocenters. The molecule has 1 rings (SSSR count). The molecule has 1 amide bonds. The normalized spacial score (nSPS) is 10.0. The summed E-state index contributed by atoms with van der Waals surface area (Å²) in [5.41, 5.74) is 1.57. The van der Waals surface area contributed by atoms with Crippen molar-refractivity contribution in [3.8, 4) is 0 Å². The third-order valence-corrected chi connectivity index (χ3v) is 2.70. The number of esters is 1. The van der Waals surface area contributed by atoms with Gasteiger partial charge in [-0.1, -0.05) is 12.1 Å². The molecule has 0 saturated heterocycles. The molecule has 104 valence electrons. The second kappa shape index (κ2) is 8.53. The van der Waals surface area contributed by atoms with Gasteiger partial charge in [0.1, 0.15) is 0 Å². The summed E-state index contributed by atoms with van der Waals surface area (Å²) in [6.45, 7) is 2.16. The van der Waals surface area contributed by atoms with Crippen molar-refractivity contribution in [2.45, 2.75) is 26.2 Å². The Hall–Kier alpha value is -1.55. The molecule has 4 nitrogen and oxygen atoms in total. The van der Waals surface area contributed by atoms with E-state index in [2.05, 4.69) is 5.32 Å². The van der Waals surface area contributed by atoms with Crippen LogP contribution in [-0.2, 0) is 20.7 Å². The van der Waals surface area contributed by atoms with E-state index in [4.69, 9.17) is 16.3 Å². The predicted molar refractivity (Wildman–Crippen MR) is 75.4 cm³/mol. The first-order valence-electron chi connectivity index (χ1n) is 6.26. The van der Waals surface area contributed by atoms with Gasteiger partial charge in [0.05, 0.1) is 13.0 Å². The summed E-state index contributed by atoms with van der Waals surface area (Å²) in [6, 6.07) is 7.14. The van der Waals surface area contributed by atoms with Gasteiger partial charge in [-0.15, -0.1) is 11.6 Å². The molecule has 0 heterocycles. The maximum absolute atomic E-state index is 11.5. The van der Waals surface area contributed by atoms with E-state index >= 15 is 0 Å². The Bertz CT molecular complexity index is 417. The first-order chi connectivity index (χ1) is 9.15. The third-order valence-electron chi connectivity index (χ3n) is 2.43. The van der Waals surface area contributed by atoms with E-state index in [0.29, 0.717) is 31.0 Å². The predicted octanol–water partition coefficient (Wildman–Crippen LogP) is 2.75. The van der Waals surface area contributed by atoms with Crippen LogP contribution in [0.1, 0.15) is 25.3 Å². The quantitative estimate of drug-likeness (QED) is 0.618. The molecule has 0 aliphatic rings. The van der Waals surface area contributed by atoms with Gasteiger partial charge in [-0.2, -0.15) is 0 Å². The summed E-state index contributed by atoms with van der Waals surface area (Å²) in [7, 11) is 0. The molecule has 0 bridgehead atoms. The largest absolute Gasteiger partial charge is 0.466 e. The monoisotopic (exact) mass is 283 g/mol. The van der Waals surface area contributed by atoms with Gasteiger partial charge in [0.2, 0.25) is 5.91 Å². The van der Waals surface area contributed by atoms with Crippen LogP contribution in [0.15, 0.2) is 24.3 Å². The molecule has 1 aromatic carbocycles. The zero-order valence-corrected chi connectivity index (χ0v) is 11.7. The fourth-order valence-electron chi connectivity index (χ4n) is 1.54. The number of nitrogens with one attached hydrogen (secondary N) is 1. The number of rotatable bonds is 7. The number of halogens is 1. The molecular formula is C14H18ClNO3. The van der Waals surface area contributed by atoms with Gasteiger partial charge < -0.3 is 10.1 Å². The SMILES string of the molecule is CCOC(=O)Cc1ccc(NC(=O)CCCCl)cc1. The zero-order valence-electron chi connectivity index (χ0n) is 10.9. The van der Waals surface area contributed by atoms with Crippen LogP contribution in [0, 0.1) is 0 Å². The van der Waals surface area contributed by atoms with Crippen LogP contribution < -0.4 is 5.32 Å². The van der Waals surface area contributed by atoms with Gasteiger partial charge in [-0.3, -0.25) is 9.59 Å². The lowest BCUT2D eigenvalue weighted by Crippen LogP contribution is -2.11. The molecule has 1 N–H and O–H groups in total. The van der Waals surface area contributed by atoms with Crippen molar-refractivity contribution >= 4 is 29.2 Å². The highest BCUT2D eigenvalue weighted by Crippen LogP contribution is 2.11. The summed E-state index contributed by atoms with van der Waals surface area (Å²) in [5.74, 6) is 0.173. The Labute approximate surface area is 118 Å². The summed E-state index contributed by atoms with van der Waals surface area (Å²) in [4.78, 5) is 22.8. The highest BCUT2D eigenvalue weighted by molar-refractivity contribution is 6.18. The Morgan fingerprint density at radius 1 is 1.26 bits per heavy atom. The molecule has 0 fully saturated rings. The van der Waals surface area contributed by atoms with Crippen molar-refractivity contribution in [1.29, 1.82) is 0 Å². The van der Waals surface area contributed by atoms with E-state index in [0.717, 1.165) is 5.56 Å². The van der Waals surface area contributed by atoms with Gasteiger partial charge in [0.15, 0.2) is 0 Å². The minimum absolute atomic E-state index is 0.0567. The highest BCUT2D eigenvalue weighted by atomic mass is 35.5. The van der Waals surface area contributed by atoms with Crippen molar-refractivity contribution in [2.75, 3.05) is 17.8 Å². The lowest BCUT2D eigenvalue weighted by atomic mass is 10.1. The Balaban J connectivity index is 2.47. The van der Waals surface area contributed by atoms with Crippen LogP contribution in [0.25, 0.3) is 0 Å².